The molecule has 0 amide bonds. The van der Waals surface area contributed by atoms with E-state index in [0.29, 0.717) is 16.7 Å². The number of rotatable bonds is 8. The van der Waals surface area contributed by atoms with Crippen LogP contribution in [0.3, 0.4) is 0 Å². The van der Waals surface area contributed by atoms with E-state index in [9.17, 15) is 31.5 Å². The minimum Gasteiger partial charge on any atom is -0.469 e. The van der Waals surface area contributed by atoms with E-state index < -0.39 is 47.8 Å². The van der Waals surface area contributed by atoms with Crippen LogP contribution in [0.15, 0.2) is 71.7 Å². The molecule has 4 rings (SSSR count). The molecule has 40 heavy (non-hydrogen) atoms. The van der Waals surface area contributed by atoms with Gasteiger partial charge in [0.1, 0.15) is 24.0 Å². The van der Waals surface area contributed by atoms with Gasteiger partial charge < -0.3 is 14.2 Å². The fourth-order valence-corrected chi connectivity index (χ4v) is 4.39. The summed E-state index contributed by atoms with van der Waals surface area (Å²) in [5.74, 6) is -4.90. The number of methoxy groups -OCH3 is 1. The van der Waals surface area contributed by atoms with Gasteiger partial charge in [-0.1, -0.05) is 42.5 Å². The number of hydrogen-bond acceptors (Lipinski definition) is 6. The standard InChI is InChI=1S/C29H24F5NO5/c1-16(27(36)38-2)15-39-28(37)21-14-24(25-22(30)4-3-5-23(25)31)35-26(21)19-8-6-17(7-9-19)18-10-12-20(13-11-18)40-29(32,33)34/h3-13,16,21,26H,14-15H2,1-2H3. The van der Waals surface area contributed by atoms with Gasteiger partial charge >= 0.3 is 18.3 Å². The molecule has 0 aromatic heterocycles. The summed E-state index contributed by atoms with van der Waals surface area (Å²) in [6.07, 6.45) is -4.90. The van der Waals surface area contributed by atoms with Crippen LogP contribution < -0.4 is 4.74 Å². The van der Waals surface area contributed by atoms with Crippen molar-refractivity contribution in [3.63, 3.8) is 0 Å². The summed E-state index contributed by atoms with van der Waals surface area (Å²) in [5, 5.41) is 0. The van der Waals surface area contributed by atoms with E-state index in [1.807, 2.05) is 0 Å². The van der Waals surface area contributed by atoms with Crippen LogP contribution in [-0.2, 0) is 19.1 Å². The van der Waals surface area contributed by atoms with Crippen molar-refractivity contribution in [3.8, 4) is 16.9 Å². The number of halogens is 5. The van der Waals surface area contributed by atoms with E-state index in [4.69, 9.17) is 4.74 Å². The molecule has 0 radical (unpaired) electrons. The fraction of sp³-hybridized carbons (Fsp3) is 0.276. The van der Waals surface area contributed by atoms with Crippen LogP contribution in [0.5, 0.6) is 5.75 Å². The molecule has 11 heteroatoms. The lowest BCUT2D eigenvalue weighted by molar-refractivity contribution is -0.274. The van der Waals surface area contributed by atoms with Crippen LogP contribution in [0.1, 0.15) is 30.5 Å². The van der Waals surface area contributed by atoms with E-state index >= 15 is 0 Å². The quantitative estimate of drug-likeness (QED) is 0.234. The first kappa shape index (κ1) is 28.7. The second-order valence-corrected chi connectivity index (χ2v) is 9.18. The van der Waals surface area contributed by atoms with Gasteiger partial charge in [-0.2, -0.15) is 0 Å². The first-order valence-electron chi connectivity index (χ1n) is 12.2. The second kappa shape index (κ2) is 11.8. The van der Waals surface area contributed by atoms with Gasteiger partial charge in [0.25, 0.3) is 0 Å². The zero-order valence-electron chi connectivity index (χ0n) is 21.4. The Morgan fingerprint density at radius 3 is 2.08 bits per heavy atom. The van der Waals surface area contributed by atoms with E-state index in [-0.39, 0.29) is 30.1 Å². The number of hydrogen-bond donors (Lipinski definition) is 0. The Morgan fingerprint density at radius 2 is 1.52 bits per heavy atom. The van der Waals surface area contributed by atoms with Crippen molar-refractivity contribution in [1.29, 1.82) is 0 Å². The number of carbonyl (C=O) groups excluding carboxylic acids is 2. The maximum atomic E-state index is 14.5. The van der Waals surface area contributed by atoms with Crippen LogP contribution >= 0.6 is 0 Å². The summed E-state index contributed by atoms with van der Waals surface area (Å²) < 4.78 is 80.3. The molecule has 3 unspecified atom stereocenters. The molecule has 0 fully saturated rings. The Morgan fingerprint density at radius 1 is 0.950 bits per heavy atom. The molecule has 0 saturated carbocycles. The van der Waals surface area contributed by atoms with E-state index in [2.05, 4.69) is 14.5 Å². The van der Waals surface area contributed by atoms with Crippen molar-refractivity contribution < 1.29 is 45.8 Å². The Balaban J connectivity index is 1.60. The summed E-state index contributed by atoms with van der Waals surface area (Å²) in [4.78, 5) is 29.3. The Hall–Kier alpha value is -4.28. The summed E-state index contributed by atoms with van der Waals surface area (Å²) in [7, 11) is 1.21. The zero-order chi connectivity index (χ0) is 29.0. The molecule has 210 valence electrons. The van der Waals surface area contributed by atoms with Crippen LogP contribution in [0.2, 0.25) is 0 Å². The minimum absolute atomic E-state index is 0.0629. The van der Waals surface area contributed by atoms with E-state index in [1.54, 1.807) is 24.3 Å². The van der Waals surface area contributed by atoms with Crippen LogP contribution in [0.25, 0.3) is 11.1 Å². The molecule has 0 N–H and O–H groups in total. The molecule has 3 aromatic rings. The average molecular weight is 562 g/mol. The lowest BCUT2D eigenvalue weighted by Gasteiger charge is -2.19. The lowest BCUT2D eigenvalue weighted by atomic mass is 9.90. The van der Waals surface area contributed by atoms with Crippen molar-refractivity contribution in [3.05, 3.63) is 89.5 Å². The Bertz CT molecular complexity index is 1380. The smallest absolute Gasteiger partial charge is 0.469 e. The number of aliphatic imine (C=N–C) groups is 1. The molecule has 1 heterocycles. The number of carbonyl (C=O) groups is 2. The average Bonchev–Trinajstić information content (AvgIpc) is 3.35. The van der Waals surface area contributed by atoms with Gasteiger partial charge in [-0.3, -0.25) is 14.6 Å². The van der Waals surface area contributed by atoms with Crippen LogP contribution in [0, 0.1) is 23.5 Å². The third-order valence-electron chi connectivity index (χ3n) is 6.40. The number of alkyl halides is 3. The zero-order valence-corrected chi connectivity index (χ0v) is 21.4. The topological polar surface area (TPSA) is 74.2 Å². The molecule has 0 bridgehead atoms. The van der Waals surface area contributed by atoms with Gasteiger partial charge in [-0.15, -0.1) is 13.2 Å². The summed E-state index contributed by atoms with van der Waals surface area (Å²) in [6.45, 7) is 1.29. The van der Waals surface area contributed by atoms with Gasteiger partial charge in [0, 0.05) is 12.1 Å². The molecule has 3 atom stereocenters. The molecule has 1 aliphatic rings. The first-order chi connectivity index (χ1) is 19.0. The molecule has 0 spiro atoms. The fourth-order valence-electron chi connectivity index (χ4n) is 4.39. The van der Waals surface area contributed by atoms with Gasteiger partial charge in [0.2, 0.25) is 0 Å². The second-order valence-electron chi connectivity index (χ2n) is 9.18. The highest BCUT2D eigenvalue weighted by Gasteiger charge is 2.39. The summed E-state index contributed by atoms with van der Waals surface area (Å²) in [6, 6.07) is 14.6. The number of nitrogens with zero attached hydrogens (tertiary/aromatic N) is 1. The predicted molar refractivity (Wildman–Crippen MR) is 134 cm³/mol. The molecule has 0 aliphatic carbocycles. The predicted octanol–water partition coefficient (Wildman–Crippen LogP) is 6.43. The molecule has 1 aliphatic heterocycles. The van der Waals surface area contributed by atoms with Crippen molar-refractivity contribution in [2.45, 2.75) is 25.7 Å². The highest BCUT2D eigenvalue weighted by molar-refractivity contribution is 6.04. The van der Waals surface area contributed by atoms with Crippen molar-refractivity contribution in [2.75, 3.05) is 13.7 Å². The SMILES string of the molecule is COC(=O)C(C)COC(=O)C1CC(c2c(F)cccc2F)=NC1c1ccc(-c2ccc(OC(F)(F)F)cc2)cc1. The highest BCUT2D eigenvalue weighted by Crippen LogP contribution is 2.39. The molecule has 3 aromatic carbocycles. The molecule has 6 nitrogen and oxygen atoms in total. The largest absolute Gasteiger partial charge is 0.573 e. The number of benzene rings is 3. The summed E-state index contributed by atoms with van der Waals surface area (Å²) in [5.41, 5.74) is 1.56. The van der Waals surface area contributed by atoms with Gasteiger partial charge in [0.05, 0.1) is 30.6 Å². The van der Waals surface area contributed by atoms with E-state index in [1.165, 1.54) is 44.4 Å². The lowest BCUT2D eigenvalue weighted by Crippen LogP contribution is -2.26. The van der Waals surface area contributed by atoms with Crippen molar-refractivity contribution in [2.24, 2.45) is 16.8 Å². The van der Waals surface area contributed by atoms with Gasteiger partial charge in [-0.25, -0.2) is 8.78 Å². The van der Waals surface area contributed by atoms with E-state index in [0.717, 1.165) is 12.1 Å². The number of ether oxygens (including phenoxy) is 3. The highest BCUT2D eigenvalue weighted by atomic mass is 19.4. The molecular weight excluding hydrogens is 537 g/mol. The first-order valence-corrected chi connectivity index (χ1v) is 12.2. The Kier molecular flexibility index (Phi) is 8.51. The Labute approximate surface area is 226 Å². The molecule has 0 saturated heterocycles. The third kappa shape index (κ3) is 6.64. The number of esters is 2. The monoisotopic (exact) mass is 561 g/mol. The van der Waals surface area contributed by atoms with Gasteiger partial charge in [0.15, 0.2) is 0 Å². The maximum absolute atomic E-state index is 14.5. The minimum atomic E-state index is -4.80. The molecular formula is C29H24F5NO5. The van der Waals surface area contributed by atoms with Crippen molar-refractivity contribution >= 4 is 17.7 Å². The maximum Gasteiger partial charge on any atom is 0.573 e. The summed E-state index contributed by atoms with van der Waals surface area (Å²) >= 11 is 0. The van der Waals surface area contributed by atoms with Crippen LogP contribution in [-0.4, -0.2) is 37.7 Å². The van der Waals surface area contributed by atoms with Gasteiger partial charge in [-0.05, 0) is 47.9 Å². The van der Waals surface area contributed by atoms with Crippen LogP contribution in [0.4, 0.5) is 22.0 Å². The van der Waals surface area contributed by atoms with Crippen molar-refractivity contribution in [1.82, 2.24) is 0 Å². The normalized spacial score (nSPS) is 17.6. The third-order valence-corrected chi connectivity index (χ3v) is 6.40.